The van der Waals surface area contributed by atoms with E-state index in [0.717, 1.165) is 17.1 Å². The summed E-state index contributed by atoms with van der Waals surface area (Å²) in [5.74, 6) is 0.128. The fraction of sp³-hybridized carbons (Fsp3) is 0. The Kier molecular flexibility index (Phi) is 1.85. The topological polar surface area (TPSA) is 63.3 Å². The van der Waals surface area contributed by atoms with Gasteiger partial charge >= 0.3 is 0 Å². The number of hydrogen-bond acceptors (Lipinski definition) is 3. The van der Waals surface area contributed by atoms with Crippen LogP contribution in [0.1, 0.15) is 5.56 Å². The van der Waals surface area contributed by atoms with Crippen LogP contribution in [-0.4, -0.2) is 11.4 Å². The number of benzene rings is 1. The van der Waals surface area contributed by atoms with Gasteiger partial charge in [-0.15, -0.1) is 0 Å². The standard InChI is InChI=1S/C11H9NO2/c12-5-10-3-8-1-7(6-13)2-9(8)4-11(10)14/h1-6,14H,12H2/b10-5-. The van der Waals surface area contributed by atoms with E-state index in [1.54, 1.807) is 24.3 Å². The summed E-state index contributed by atoms with van der Waals surface area (Å²) in [4.78, 5) is 10.5. The number of phenolic OH excluding ortho intramolecular Hbond substituents is 1. The Hall–Kier alpha value is -2.03. The fourth-order valence-corrected chi connectivity index (χ4v) is 1.49. The van der Waals surface area contributed by atoms with E-state index < -0.39 is 0 Å². The second kappa shape index (κ2) is 3.03. The molecule has 3 N–H and O–H groups in total. The van der Waals surface area contributed by atoms with Gasteiger partial charge in [0.15, 0.2) is 0 Å². The van der Waals surface area contributed by atoms with E-state index in [0.29, 0.717) is 10.8 Å². The van der Waals surface area contributed by atoms with Gasteiger partial charge in [0.2, 0.25) is 0 Å². The van der Waals surface area contributed by atoms with E-state index in [-0.39, 0.29) is 5.75 Å². The summed E-state index contributed by atoms with van der Waals surface area (Å²) < 4.78 is 0. The molecule has 3 heteroatoms. The van der Waals surface area contributed by atoms with Crippen molar-refractivity contribution in [3.8, 4) is 5.75 Å². The maximum absolute atomic E-state index is 10.5. The highest BCUT2D eigenvalue weighted by Crippen LogP contribution is 2.09. The monoisotopic (exact) mass is 187 g/mol. The van der Waals surface area contributed by atoms with Crippen molar-refractivity contribution in [3.63, 3.8) is 0 Å². The van der Waals surface area contributed by atoms with E-state index in [9.17, 15) is 9.90 Å². The van der Waals surface area contributed by atoms with Gasteiger partial charge in [-0.1, -0.05) is 0 Å². The number of carbonyl (C=O) groups excluding carboxylic acids is 1. The molecule has 1 aliphatic carbocycles. The number of aromatic hydroxyl groups is 1. The number of allylic oxidation sites excluding steroid dienone is 1. The van der Waals surface area contributed by atoms with Crippen LogP contribution in [0.25, 0.3) is 18.4 Å². The molecule has 2 rings (SSSR count). The van der Waals surface area contributed by atoms with Crippen molar-refractivity contribution < 1.29 is 9.90 Å². The van der Waals surface area contributed by atoms with Crippen molar-refractivity contribution >= 4 is 24.6 Å². The van der Waals surface area contributed by atoms with Gasteiger partial charge in [0.05, 0.1) is 0 Å². The minimum Gasteiger partial charge on any atom is -0.507 e. The van der Waals surface area contributed by atoms with Crippen LogP contribution in [0.5, 0.6) is 5.75 Å². The Bertz CT molecular complexity index is 541. The lowest BCUT2D eigenvalue weighted by molar-refractivity contribution is -0.104. The summed E-state index contributed by atoms with van der Waals surface area (Å²) >= 11 is 0. The highest BCUT2D eigenvalue weighted by molar-refractivity contribution is 5.96. The first-order chi connectivity index (χ1) is 6.74. The molecule has 0 unspecified atom stereocenters. The van der Waals surface area contributed by atoms with Crippen molar-refractivity contribution in [2.45, 2.75) is 0 Å². The molecule has 0 amide bonds. The van der Waals surface area contributed by atoms with Gasteiger partial charge in [0.25, 0.3) is 0 Å². The number of phenols is 1. The highest BCUT2D eigenvalue weighted by atomic mass is 16.3. The number of rotatable bonds is 1. The molecule has 0 heterocycles. The molecule has 0 atom stereocenters. The summed E-state index contributed by atoms with van der Waals surface area (Å²) in [6, 6.07) is 3.35. The molecule has 1 aromatic rings. The molecular weight excluding hydrogens is 178 g/mol. The van der Waals surface area contributed by atoms with Crippen LogP contribution in [-0.2, 0) is 4.79 Å². The molecule has 70 valence electrons. The number of hydrogen-bond donors (Lipinski definition) is 2. The second-order valence-electron chi connectivity index (χ2n) is 3.11. The molecule has 0 bridgehead atoms. The smallest absolute Gasteiger partial charge is 0.150 e. The normalized spacial score (nSPS) is 14.6. The van der Waals surface area contributed by atoms with E-state index in [1.165, 1.54) is 6.20 Å². The number of nitrogens with two attached hydrogens (primary N) is 1. The maximum atomic E-state index is 10.5. The summed E-state index contributed by atoms with van der Waals surface area (Å²) in [5.41, 5.74) is 6.84. The maximum Gasteiger partial charge on any atom is 0.150 e. The SMILES string of the molecule is N/C=c1/cc2c(cc1O)=CC(C=O)=C2. The highest BCUT2D eigenvalue weighted by Gasteiger charge is 2.05. The Morgan fingerprint density at radius 2 is 2.07 bits per heavy atom. The molecule has 0 fully saturated rings. The van der Waals surface area contributed by atoms with E-state index in [4.69, 9.17) is 5.73 Å². The number of aldehydes is 1. The molecule has 0 saturated carbocycles. The average molecular weight is 187 g/mol. The Morgan fingerprint density at radius 3 is 2.71 bits per heavy atom. The quantitative estimate of drug-likeness (QED) is 0.581. The van der Waals surface area contributed by atoms with Gasteiger partial charge in [-0.3, -0.25) is 4.79 Å². The third-order valence-electron chi connectivity index (χ3n) is 2.19. The Balaban J connectivity index is 2.74. The average Bonchev–Trinajstić information content (AvgIpc) is 2.58. The molecule has 1 aliphatic rings. The zero-order valence-electron chi connectivity index (χ0n) is 7.40. The lowest BCUT2D eigenvalue weighted by Gasteiger charge is -1.95. The van der Waals surface area contributed by atoms with E-state index in [1.807, 2.05) is 0 Å². The first kappa shape index (κ1) is 8.56. The Labute approximate surface area is 80.5 Å². The Morgan fingerprint density at radius 1 is 1.29 bits per heavy atom. The van der Waals surface area contributed by atoms with Crippen LogP contribution >= 0.6 is 0 Å². The van der Waals surface area contributed by atoms with Crippen LogP contribution in [0.15, 0.2) is 17.7 Å². The van der Waals surface area contributed by atoms with Gasteiger partial charge in [0, 0.05) is 17.0 Å². The largest absolute Gasteiger partial charge is 0.507 e. The minimum absolute atomic E-state index is 0.128. The first-order valence-corrected chi connectivity index (χ1v) is 4.18. The minimum atomic E-state index is 0.128. The van der Waals surface area contributed by atoms with Gasteiger partial charge in [-0.25, -0.2) is 0 Å². The summed E-state index contributed by atoms with van der Waals surface area (Å²) in [5, 5.41) is 10.9. The number of fused-ring (bicyclic) bond motifs is 1. The molecule has 1 aromatic carbocycles. The molecule has 0 saturated heterocycles. The summed E-state index contributed by atoms with van der Waals surface area (Å²) in [7, 11) is 0. The molecule has 0 spiro atoms. The van der Waals surface area contributed by atoms with Crippen LogP contribution in [0.3, 0.4) is 0 Å². The van der Waals surface area contributed by atoms with Gasteiger partial charge in [-0.05, 0) is 35.1 Å². The summed E-state index contributed by atoms with van der Waals surface area (Å²) in [6.45, 7) is 0. The van der Waals surface area contributed by atoms with Crippen molar-refractivity contribution in [2.75, 3.05) is 0 Å². The molecule has 0 aromatic heterocycles. The zero-order chi connectivity index (χ0) is 10.1. The van der Waals surface area contributed by atoms with E-state index >= 15 is 0 Å². The fourth-order valence-electron chi connectivity index (χ4n) is 1.49. The van der Waals surface area contributed by atoms with Gasteiger partial charge in [0.1, 0.15) is 12.0 Å². The van der Waals surface area contributed by atoms with Gasteiger partial charge < -0.3 is 10.8 Å². The lowest BCUT2D eigenvalue weighted by Crippen LogP contribution is -2.12. The summed E-state index contributed by atoms with van der Waals surface area (Å²) in [6.07, 6.45) is 5.60. The van der Waals surface area contributed by atoms with Crippen molar-refractivity contribution in [2.24, 2.45) is 5.73 Å². The third kappa shape index (κ3) is 1.19. The van der Waals surface area contributed by atoms with Crippen LogP contribution in [0.4, 0.5) is 0 Å². The lowest BCUT2D eigenvalue weighted by atomic mass is 10.1. The molecule has 3 nitrogen and oxygen atoms in total. The third-order valence-corrected chi connectivity index (χ3v) is 2.19. The second-order valence-corrected chi connectivity index (χ2v) is 3.11. The molecule has 0 radical (unpaired) electrons. The van der Waals surface area contributed by atoms with Crippen molar-refractivity contribution in [1.82, 2.24) is 0 Å². The van der Waals surface area contributed by atoms with Crippen molar-refractivity contribution in [3.05, 3.63) is 33.7 Å². The molecule has 0 aliphatic heterocycles. The number of carbonyl (C=O) groups is 1. The first-order valence-electron chi connectivity index (χ1n) is 4.18. The molecule has 14 heavy (non-hydrogen) atoms. The van der Waals surface area contributed by atoms with Crippen LogP contribution < -0.4 is 16.2 Å². The van der Waals surface area contributed by atoms with E-state index in [2.05, 4.69) is 0 Å². The van der Waals surface area contributed by atoms with Gasteiger partial charge in [-0.2, -0.15) is 0 Å². The molecular formula is C11H9NO2. The van der Waals surface area contributed by atoms with Crippen LogP contribution in [0.2, 0.25) is 0 Å². The predicted molar refractivity (Wildman–Crippen MR) is 54.5 cm³/mol. The zero-order valence-corrected chi connectivity index (χ0v) is 7.40. The van der Waals surface area contributed by atoms with Crippen LogP contribution in [0, 0.1) is 0 Å². The van der Waals surface area contributed by atoms with Crippen molar-refractivity contribution in [1.29, 1.82) is 0 Å². The predicted octanol–water partition coefficient (Wildman–Crippen LogP) is -0.535.